The maximum absolute atomic E-state index is 12.4. The summed E-state index contributed by atoms with van der Waals surface area (Å²) in [6.45, 7) is 6.02. The highest BCUT2D eigenvalue weighted by Gasteiger charge is 2.27. The van der Waals surface area contributed by atoms with E-state index in [9.17, 15) is 4.79 Å². The number of aromatic nitrogens is 2. The van der Waals surface area contributed by atoms with Crippen molar-refractivity contribution in [2.75, 3.05) is 11.1 Å². The van der Waals surface area contributed by atoms with Crippen molar-refractivity contribution in [2.45, 2.75) is 37.7 Å². The fourth-order valence-electron chi connectivity index (χ4n) is 3.48. The zero-order valence-corrected chi connectivity index (χ0v) is 20.4. The predicted octanol–water partition coefficient (Wildman–Crippen LogP) is 6.82. The Bertz CT molecular complexity index is 1250. The molecule has 3 aromatic carbocycles. The Labute approximate surface area is 202 Å². The van der Waals surface area contributed by atoms with Crippen LogP contribution >= 0.6 is 23.4 Å². The molecule has 4 rings (SSSR count). The SMILES string of the molecule is CCSc1ccc(CC(=O)Nc2ccc(OC(C)(C)c3nc4ccc(Cl)cc4[nH]3)cc2)cc1. The first kappa shape index (κ1) is 23.2. The lowest BCUT2D eigenvalue weighted by molar-refractivity contribution is -0.115. The molecule has 1 amide bonds. The first-order valence-electron chi connectivity index (χ1n) is 10.8. The molecular weight excluding hydrogens is 454 g/mol. The van der Waals surface area contributed by atoms with Gasteiger partial charge in [-0.2, -0.15) is 0 Å². The maximum Gasteiger partial charge on any atom is 0.228 e. The number of fused-ring (bicyclic) bond motifs is 1. The largest absolute Gasteiger partial charge is 0.480 e. The van der Waals surface area contributed by atoms with Crippen molar-refractivity contribution in [3.8, 4) is 5.75 Å². The zero-order chi connectivity index (χ0) is 23.4. The number of amides is 1. The van der Waals surface area contributed by atoms with Crippen molar-refractivity contribution in [2.24, 2.45) is 0 Å². The fraction of sp³-hybridized carbons (Fsp3) is 0.231. The van der Waals surface area contributed by atoms with Gasteiger partial charge in [-0.15, -0.1) is 11.8 Å². The summed E-state index contributed by atoms with van der Waals surface area (Å²) in [6.07, 6.45) is 0.332. The van der Waals surface area contributed by atoms with Crippen LogP contribution in [0.25, 0.3) is 11.0 Å². The highest BCUT2D eigenvalue weighted by molar-refractivity contribution is 7.99. The summed E-state index contributed by atoms with van der Waals surface area (Å²) in [5.74, 6) is 2.37. The van der Waals surface area contributed by atoms with Gasteiger partial charge in [0.15, 0.2) is 11.4 Å². The molecule has 1 heterocycles. The van der Waals surface area contributed by atoms with Crippen LogP contribution in [0.1, 0.15) is 32.2 Å². The molecule has 0 spiro atoms. The summed E-state index contributed by atoms with van der Waals surface area (Å²) in [5.41, 5.74) is 2.73. The standard InChI is InChI=1S/C26H26ClN3O2S/c1-4-33-21-12-5-17(6-13-21)15-24(31)28-19-8-10-20(11-9-19)32-26(2,3)25-29-22-14-7-18(27)16-23(22)30-25/h5-14,16H,4,15H2,1-3H3,(H,28,31)(H,29,30). The number of imidazole rings is 1. The third-order valence-corrected chi connectivity index (χ3v) is 6.25. The van der Waals surface area contributed by atoms with E-state index in [1.165, 1.54) is 4.90 Å². The molecule has 0 atom stereocenters. The summed E-state index contributed by atoms with van der Waals surface area (Å²) in [6, 6.07) is 21.0. The molecule has 0 aliphatic rings. The molecular formula is C26H26ClN3O2S. The Morgan fingerprint density at radius 1 is 1.09 bits per heavy atom. The van der Waals surface area contributed by atoms with Gasteiger partial charge in [0.1, 0.15) is 5.75 Å². The second-order valence-electron chi connectivity index (χ2n) is 8.19. The third kappa shape index (κ3) is 5.89. The van der Waals surface area contributed by atoms with E-state index in [0.29, 0.717) is 23.0 Å². The van der Waals surface area contributed by atoms with Crippen molar-refractivity contribution in [1.29, 1.82) is 0 Å². The Hall–Kier alpha value is -2.96. The number of ether oxygens (including phenoxy) is 1. The molecule has 170 valence electrons. The van der Waals surface area contributed by atoms with Crippen LogP contribution in [-0.4, -0.2) is 21.6 Å². The number of nitrogens with one attached hydrogen (secondary N) is 2. The van der Waals surface area contributed by atoms with Gasteiger partial charge < -0.3 is 15.0 Å². The average molecular weight is 480 g/mol. The first-order chi connectivity index (χ1) is 15.8. The monoisotopic (exact) mass is 479 g/mol. The maximum atomic E-state index is 12.4. The van der Waals surface area contributed by atoms with Crippen LogP contribution < -0.4 is 10.1 Å². The predicted molar refractivity (Wildman–Crippen MR) is 136 cm³/mol. The lowest BCUT2D eigenvalue weighted by Gasteiger charge is -2.24. The molecule has 2 N–H and O–H groups in total. The summed E-state index contributed by atoms with van der Waals surface area (Å²) < 4.78 is 6.19. The van der Waals surface area contributed by atoms with E-state index < -0.39 is 5.60 Å². The number of halogens is 1. The number of benzene rings is 3. The van der Waals surface area contributed by atoms with E-state index in [2.05, 4.69) is 34.3 Å². The fourth-order valence-corrected chi connectivity index (χ4v) is 4.31. The van der Waals surface area contributed by atoms with Gasteiger partial charge in [0.25, 0.3) is 0 Å². The van der Waals surface area contributed by atoms with Crippen LogP contribution in [0.3, 0.4) is 0 Å². The van der Waals surface area contributed by atoms with Crippen molar-refractivity contribution in [3.05, 3.63) is 83.1 Å². The minimum absolute atomic E-state index is 0.0548. The van der Waals surface area contributed by atoms with E-state index in [0.717, 1.165) is 28.0 Å². The van der Waals surface area contributed by atoms with Crippen molar-refractivity contribution in [3.63, 3.8) is 0 Å². The first-order valence-corrected chi connectivity index (χ1v) is 12.1. The van der Waals surface area contributed by atoms with Crippen LogP contribution in [0, 0.1) is 0 Å². The normalized spacial score (nSPS) is 11.5. The highest BCUT2D eigenvalue weighted by atomic mass is 35.5. The molecule has 5 nitrogen and oxygen atoms in total. The Morgan fingerprint density at radius 2 is 1.82 bits per heavy atom. The highest BCUT2D eigenvalue weighted by Crippen LogP contribution is 2.29. The molecule has 0 fully saturated rings. The molecule has 0 unspecified atom stereocenters. The number of carbonyl (C=O) groups is 1. The number of hydrogen-bond acceptors (Lipinski definition) is 4. The molecule has 1 aromatic heterocycles. The minimum atomic E-state index is -0.682. The summed E-state index contributed by atoms with van der Waals surface area (Å²) in [7, 11) is 0. The van der Waals surface area contributed by atoms with Crippen LogP contribution in [0.15, 0.2) is 71.6 Å². The Kier molecular flexibility index (Phi) is 6.96. The number of anilines is 1. The number of nitrogens with zero attached hydrogens (tertiary/aromatic N) is 1. The second-order valence-corrected chi connectivity index (χ2v) is 9.96. The summed E-state index contributed by atoms with van der Waals surface area (Å²) >= 11 is 7.86. The molecule has 0 aliphatic heterocycles. The molecule has 0 bridgehead atoms. The van der Waals surface area contributed by atoms with Gasteiger partial charge in [0.2, 0.25) is 5.91 Å². The number of thioether (sulfide) groups is 1. The quantitative estimate of drug-likeness (QED) is 0.272. The minimum Gasteiger partial charge on any atom is -0.480 e. The van der Waals surface area contributed by atoms with Crippen molar-refractivity contribution in [1.82, 2.24) is 9.97 Å². The average Bonchev–Trinajstić information content (AvgIpc) is 3.21. The van der Waals surface area contributed by atoms with E-state index in [1.54, 1.807) is 11.8 Å². The summed E-state index contributed by atoms with van der Waals surface area (Å²) in [4.78, 5) is 21.6. The van der Waals surface area contributed by atoms with Crippen molar-refractivity contribution < 1.29 is 9.53 Å². The lowest BCUT2D eigenvalue weighted by Crippen LogP contribution is -2.26. The molecule has 4 aromatic rings. The van der Waals surface area contributed by atoms with Gasteiger partial charge >= 0.3 is 0 Å². The van der Waals surface area contributed by atoms with Crippen LogP contribution in [0.5, 0.6) is 5.75 Å². The van der Waals surface area contributed by atoms with Gasteiger partial charge in [-0.25, -0.2) is 4.98 Å². The Morgan fingerprint density at radius 3 is 2.52 bits per heavy atom. The van der Waals surface area contributed by atoms with E-state index in [4.69, 9.17) is 16.3 Å². The molecule has 0 radical (unpaired) electrons. The third-order valence-electron chi connectivity index (χ3n) is 5.12. The van der Waals surface area contributed by atoms with Gasteiger partial charge in [-0.3, -0.25) is 4.79 Å². The zero-order valence-electron chi connectivity index (χ0n) is 18.8. The van der Waals surface area contributed by atoms with Gasteiger partial charge in [0.05, 0.1) is 17.5 Å². The summed E-state index contributed by atoms with van der Waals surface area (Å²) in [5, 5.41) is 3.60. The smallest absolute Gasteiger partial charge is 0.228 e. The van der Waals surface area contributed by atoms with Gasteiger partial charge in [0, 0.05) is 15.6 Å². The molecule has 0 aliphatic carbocycles. The second kappa shape index (κ2) is 9.89. The molecule has 0 saturated carbocycles. The van der Waals surface area contributed by atoms with E-state index in [1.807, 2.05) is 68.4 Å². The van der Waals surface area contributed by atoms with Gasteiger partial charge in [-0.05, 0) is 79.8 Å². The molecule has 0 saturated heterocycles. The Balaban J connectivity index is 1.37. The van der Waals surface area contributed by atoms with E-state index in [-0.39, 0.29) is 5.91 Å². The van der Waals surface area contributed by atoms with Crippen LogP contribution in [0.4, 0.5) is 5.69 Å². The number of H-pyrrole nitrogens is 1. The molecule has 33 heavy (non-hydrogen) atoms. The number of hydrogen-bond donors (Lipinski definition) is 2. The molecule has 7 heteroatoms. The van der Waals surface area contributed by atoms with Crippen LogP contribution in [-0.2, 0) is 16.8 Å². The van der Waals surface area contributed by atoms with Gasteiger partial charge in [-0.1, -0.05) is 30.7 Å². The number of aromatic amines is 1. The topological polar surface area (TPSA) is 67.0 Å². The number of carbonyl (C=O) groups excluding carboxylic acids is 1. The lowest BCUT2D eigenvalue weighted by atomic mass is 10.1. The van der Waals surface area contributed by atoms with Crippen LogP contribution in [0.2, 0.25) is 5.02 Å². The number of rotatable bonds is 8. The van der Waals surface area contributed by atoms with E-state index >= 15 is 0 Å². The van der Waals surface area contributed by atoms with Crippen molar-refractivity contribution >= 4 is 46.0 Å².